The van der Waals surface area contributed by atoms with Crippen LogP contribution in [0.15, 0.2) is 48.5 Å². The number of ether oxygens (including phenoxy) is 1. The number of β-amino-alcohol motifs (C(OH)–C–C–N with tert-alkyl or cyclic N) is 1. The molecule has 0 radical (unpaired) electrons. The van der Waals surface area contributed by atoms with Gasteiger partial charge in [0.05, 0.1) is 25.7 Å². The van der Waals surface area contributed by atoms with Gasteiger partial charge in [-0.1, -0.05) is 24.3 Å². The Morgan fingerprint density at radius 2 is 2.08 bits per heavy atom. The maximum absolute atomic E-state index is 13.3. The van der Waals surface area contributed by atoms with E-state index in [4.69, 9.17) is 4.74 Å². The highest BCUT2D eigenvalue weighted by atomic mass is 19.1. The van der Waals surface area contributed by atoms with Crippen LogP contribution < -0.4 is 4.74 Å². The average molecular weight is 329 g/mol. The number of rotatable bonds is 4. The third-order valence-electron chi connectivity index (χ3n) is 4.32. The molecular formula is C19H20FNO3. The minimum absolute atomic E-state index is 0.116. The summed E-state index contributed by atoms with van der Waals surface area (Å²) in [5.41, 5.74) is 1.56. The summed E-state index contributed by atoms with van der Waals surface area (Å²) in [7, 11) is 1.59. The number of aliphatic hydroxyl groups excluding tert-OH is 1. The summed E-state index contributed by atoms with van der Waals surface area (Å²) in [5, 5.41) is 10.0. The van der Waals surface area contributed by atoms with Crippen LogP contribution >= 0.6 is 0 Å². The molecule has 126 valence electrons. The van der Waals surface area contributed by atoms with Gasteiger partial charge in [-0.25, -0.2) is 4.39 Å². The van der Waals surface area contributed by atoms with E-state index in [0.29, 0.717) is 17.7 Å². The van der Waals surface area contributed by atoms with Crippen LogP contribution in [0.4, 0.5) is 4.39 Å². The number of methoxy groups -OCH3 is 1. The number of nitrogens with zero attached hydrogens (tertiary/aromatic N) is 1. The van der Waals surface area contributed by atoms with Crippen molar-refractivity contribution in [2.24, 2.45) is 0 Å². The Balaban J connectivity index is 1.80. The number of aliphatic hydroxyl groups is 1. The number of halogens is 1. The Bertz CT molecular complexity index is 734. The van der Waals surface area contributed by atoms with E-state index in [0.717, 1.165) is 5.56 Å². The van der Waals surface area contributed by atoms with E-state index in [9.17, 15) is 14.3 Å². The molecule has 1 fully saturated rings. The first-order valence-electron chi connectivity index (χ1n) is 7.92. The summed E-state index contributed by atoms with van der Waals surface area (Å²) in [6.07, 6.45) is 0.0465. The zero-order valence-corrected chi connectivity index (χ0v) is 13.5. The van der Waals surface area contributed by atoms with E-state index in [1.165, 1.54) is 12.1 Å². The van der Waals surface area contributed by atoms with Gasteiger partial charge in [0.15, 0.2) is 0 Å². The Kier molecular flexibility index (Phi) is 4.81. The van der Waals surface area contributed by atoms with Gasteiger partial charge < -0.3 is 14.7 Å². The molecule has 1 saturated heterocycles. The Labute approximate surface area is 140 Å². The molecule has 4 nitrogen and oxygen atoms in total. The molecule has 24 heavy (non-hydrogen) atoms. The van der Waals surface area contributed by atoms with E-state index >= 15 is 0 Å². The van der Waals surface area contributed by atoms with Crippen LogP contribution in [0.2, 0.25) is 0 Å². The minimum Gasteiger partial charge on any atom is -0.497 e. The molecule has 1 amide bonds. The van der Waals surface area contributed by atoms with Crippen LogP contribution in [0, 0.1) is 5.82 Å². The molecule has 1 aliphatic rings. The first kappa shape index (κ1) is 16.5. The zero-order chi connectivity index (χ0) is 17.1. The average Bonchev–Trinajstić information content (AvgIpc) is 2.97. The maximum Gasteiger partial charge on any atom is 0.227 e. The van der Waals surface area contributed by atoms with Crippen molar-refractivity contribution in [1.29, 1.82) is 0 Å². The maximum atomic E-state index is 13.3. The molecule has 2 aromatic rings. The van der Waals surface area contributed by atoms with Crippen molar-refractivity contribution in [2.45, 2.75) is 25.0 Å². The monoisotopic (exact) mass is 329 g/mol. The van der Waals surface area contributed by atoms with Gasteiger partial charge in [0, 0.05) is 6.54 Å². The van der Waals surface area contributed by atoms with Crippen molar-refractivity contribution < 1.29 is 19.0 Å². The second-order valence-corrected chi connectivity index (χ2v) is 6.03. The molecule has 1 N–H and O–H groups in total. The number of carbonyl (C=O) groups is 1. The lowest BCUT2D eigenvalue weighted by molar-refractivity contribution is -0.131. The van der Waals surface area contributed by atoms with E-state index in [1.54, 1.807) is 24.1 Å². The van der Waals surface area contributed by atoms with Crippen molar-refractivity contribution in [3.63, 3.8) is 0 Å². The van der Waals surface area contributed by atoms with E-state index in [2.05, 4.69) is 0 Å². The smallest absolute Gasteiger partial charge is 0.227 e. The zero-order valence-electron chi connectivity index (χ0n) is 13.5. The van der Waals surface area contributed by atoms with Crippen molar-refractivity contribution in [2.75, 3.05) is 13.7 Å². The van der Waals surface area contributed by atoms with Crippen molar-refractivity contribution in [3.05, 3.63) is 65.5 Å². The predicted molar refractivity (Wildman–Crippen MR) is 88.2 cm³/mol. The summed E-state index contributed by atoms with van der Waals surface area (Å²) < 4.78 is 18.5. The molecule has 1 heterocycles. The minimum atomic E-state index is -0.558. The molecule has 3 rings (SSSR count). The highest BCUT2D eigenvalue weighted by Crippen LogP contribution is 2.34. The highest BCUT2D eigenvalue weighted by Gasteiger charge is 2.35. The first-order valence-corrected chi connectivity index (χ1v) is 7.92. The van der Waals surface area contributed by atoms with Crippen LogP contribution in [0.25, 0.3) is 0 Å². The van der Waals surface area contributed by atoms with Gasteiger partial charge in [0.25, 0.3) is 0 Å². The van der Waals surface area contributed by atoms with Crippen LogP contribution in [-0.4, -0.2) is 35.7 Å². The molecular weight excluding hydrogens is 309 g/mol. The summed E-state index contributed by atoms with van der Waals surface area (Å²) in [4.78, 5) is 14.3. The van der Waals surface area contributed by atoms with Crippen LogP contribution in [0.3, 0.4) is 0 Å². The number of likely N-dealkylation sites (tertiary alicyclic amines) is 1. The van der Waals surface area contributed by atoms with Gasteiger partial charge >= 0.3 is 0 Å². The molecule has 5 heteroatoms. The van der Waals surface area contributed by atoms with Crippen molar-refractivity contribution in [1.82, 2.24) is 4.90 Å². The molecule has 0 unspecified atom stereocenters. The number of amides is 1. The quantitative estimate of drug-likeness (QED) is 0.938. The fourth-order valence-corrected chi connectivity index (χ4v) is 3.18. The molecule has 0 bridgehead atoms. The second-order valence-electron chi connectivity index (χ2n) is 6.03. The van der Waals surface area contributed by atoms with Crippen molar-refractivity contribution in [3.8, 4) is 5.75 Å². The SMILES string of the molecule is COc1cccc([C@@H]2C[C@H](O)CN2C(=O)Cc2cccc(F)c2)c1. The second kappa shape index (κ2) is 7.01. The fourth-order valence-electron chi connectivity index (χ4n) is 3.18. The Hall–Kier alpha value is -2.40. The largest absolute Gasteiger partial charge is 0.497 e. The van der Waals surface area contributed by atoms with Crippen molar-refractivity contribution >= 4 is 5.91 Å². The summed E-state index contributed by atoms with van der Waals surface area (Å²) >= 11 is 0. The summed E-state index contributed by atoms with van der Waals surface area (Å²) in [6.45, 7) is 0.288. The molecule has 1 aliphatic heterocycles. The van der Waals surface area contributed by atoms with Gasteiger partial charge in [-0.15, -0.1) is 0 Å². The number of hydrogen-bond donors (Lipinski definition) is 1. The van der Waals surface area contributed by atoms with Crippen LogP contribution in [0.1, 0.15) is 23.6 Å². The highest BCUT2D eigenvalue weighted by molar-refractivity contribution is 5.79. The van der Waals surface area contributed by atoms with Gasteiger partial charge in [-0.3, -0.25) is 4.79 Å². The number of carbonyl (C=O) groups excluding carboxylic acids is 1. The number of hydrogen-bond acceptors (Lipinski definition) is 3. The first-order chi connectivity index (χ1) is 11.6. The van der Waals surface area contributed by atoms with Crippen LogP contribution in [0.5, 0.6) is 5.75 Å². The lowest BCUT2D eigenvalue weighted by Gasteiger charge is -2.25. The van der Waals surface area contributed by atoms with Gasteiger partial charge in [0.1, 0.15) is 11.6 Å². The lowest BCUT2D eigenvalue weighted by Crippen LogP contribution is -2.33. The Morgan fingerprint density at radius 3 is 2.83 bits per heavy atom. The van der Waals surface area contributed by atoms with Gasteiger partial charge in [-0.05, 0) is 41.8 Å². The van der Waals surface area contributed by atoms with Gasteiger partial charge in [0.2, 0.25) is 5.91 Å². The fraction of sp³-hybridized carbons (Fsp3) is 0.316. The normalized spacial score (nSPS) is 20.2. The van der Waals surface area contributed by atoms with Crippen LogP contribution in [-0.2, 0) is 11.2 Å². The third-order valence-corrected chi connectivity index (χ3v) is 4.32. The Morgan fingerprint density at radius 1 is 1.29 bits per heavy atom. The molecule has 0 saturated carbocycles. The van der Waals surface area contributed by atoms with E-state index in [-0.39, 0.29) is 30.7 Å². The summed E-state index contributed by atoms with van der Waals surface area (Å²) in [5.74, 6) is 0.238. The third kappa shape index (κ3) is 3.57. The molecule has 2 atom stereocenters. The van der Waals surface area contributed by atoms with E-state index in [1.807, 2.05) is 24.3 Å². The number of benzene rings is 2. The van der Waals surface area contributed by atoms with E-state index < -0.39 is 6.10 Å². The lowest BCUT2D eigenvalue weighted by atomic mass is 10.0. The standard InChI is InChI=1S/C19H20FNO3/c1-24-17-7-3-5-14(10-17)18-11-16(22)12-21(18)19(23)9-13-4-2-6-15(20)8-13/h2-8,10,16,18,22H,9,11-12H2,1H3/t16-,18-/m0/s1. The predicted octanol–water partition coefficient (Wildman–Crippen LogP) is 2.71. The topological polar surface area (TPSA) is 49.8 Å². The molecule has 0 spiro atoms. The summed E-state index contributed by atoms with van der Waals surface area (Å²) in [6, 6.07) is 13.4. The molecule has 0 aliphatic carbocycles. The van der Waals surface area contributed by atoms with Gasteiger partial charge in [-0.2, -0.15) is 0 Å². The molecule has 2 aromatic carbocycles. The molecule has 0 aromatic heterocycles.